The first kappa shape index (κ1) is 20.5. The van der Waals surface area contributed by atoms with Crippen molar-refractivity contribution in [1.82, 2.24) is 0 Å². The molecule has 1 aromatic carbocycles. The van der Waals surface area contributed by atoms with Crippen LogP contribution in [0, 0.1) is 0 Å². The third kappa shape index (κ3) is 4.74. The molecule has 0 amide bonds. The van der Waals surface area contributed by atoms with Gasteiger partial charge in [0.25, 0.3) is 0 Å². The molecule has 0 bridgehead atoms. The van der Waals surface area contributed by atoms with Crippen molar-refractivity contribution in [3.63, 3.8) is 0 Å². The fourth-order valence-corrected chi connectivity index (χ4v) is 1.77. The summed E-state index contributed by atoms with van der Waals surface area (Å²) in [5.41, 5.74) is -4.03. The molecule has 1 aromatic rings. The first-order valence-electron chi connectivity index (χ1n) is 7.34. The maximum atomic E-state index is 13.7. The Morgan fingerprint density at radius 1 is 0.880 bits per heavy atom. The summed E-state index contributed by atoms with van der Waals surface area (Å²) >= 11 is 0. The quantitative estimate of drug-likeness (QED) is 0.748. The molecule has 138 valence electrons. The third-order valence-electron chi connectivity index (χ3n) is 3.13. The number of esters is 2. The van der Waals surface area contributed by atoms with Crippen LogP contribution in [0.3, 0.4) is 0 Å². The number of benzene rings is 1. The Morgan fingerprint density at radius 3 is 1.64 bits per heavy atom. The number of carbonyl (C=O) groups excluding carboxylic acids is 3. The van der Waals surface area contributed by atoms with E-state index >= 15 is 0 Å². The zero-order chi connectivity index (χ0) is 19.6. The molecule has 0 saturated heterocycles. The fraction of sp³-hybridized carbons (Fsp3) is 0.471. The molecule has 25 heavy (non-hydrogen) atoms. The van der Waals surface area contributed by atoms with Gasteiger partial charge in [0.05, 0.1) is 11.1 Å². The lowest BCUT2D eigenvalue weighted by Crippen LogP contribution is -2.57. The standard InChI is InChI=1S/C17H20F2O6/c1-15(2,3)24-12(20)10-8-6-7-9-11(10)13(21)25-16(4,5)17(18,19)14(22)23/h6-9H,1-5H3,(H,22,23)/p-1. The molecule has 0 spiro atoms. The second-order valence-corrected chi connectivity index (χ2v) is 6.81. The van der Waals surface area contributed by atoms with Crippen molar-refractivity contribution in [2.75, 3.05) is 0 Å². The molecule has 0 aromatic heterocycles. The Balaban J connectivity index is 3.16. The largest absolute Gasteiger partial charge is 0.544 e. The van der Waals surface area contributed by atoms with Gasteiger partial charge in [-0.3, -0.25) is 0 Å². The number of alkyl halides is 2. The first-order valence-corrected chi connectivity index (χ1v) is 7.34. The van der Waals surface area contributed by atoms with E-state index in [2.05, 4.69) is 4.74 Å². The van der Waals surface area contributed by atoms with Crippen LogP contribution in [0.4, 0.5) is 8.78 Å². The van der Waals surface area contributed by atoms with Crippen LogP contribution in [0.15, 0.2) is 24.3 Å². The highest BCUT2D eigenvalue weighted by Gasteiger charge is 2.51. The van der Waals surface area contributed by atoms with Crippen molar-refractivity contribution in [1.29, 1.82) is 0 Å². The molecule has 0 radical (unpaired) electrons. The van der Waals surface area contributed by atoms with Gasteiger partial charge >= 0.3 is 17.9 Å². The van der Waals surface area contributed by atoms with Crippen LogP contribution in [-0.2, 0) is 14.3 Å². The minimum atomic E-state index is -4.43. The molecule has 0 unspecified atom stereocenters. The van der Waals surface area contributed by atoms with Crippen LogP contribution in [0.5, 0.6) is 0 Å². The van der Waals surface area contributed by atoms with E-state index in [1.165, 1.54) is 24.3 Å². The molecule has 0 aliphatic carbocycles. The topological polar surface area (TPSA) is 92.7 Å². The summed E-state index contributed by atoms with van der Waals surface area (Å²) in [5.74, 6) is -9.23. The Morgan fingerprint density at radius 2 is 1.28 bits per heavy atom. The van der Waals surface area contributed by atoms with Crippen molar-refractivity contribution in [3.05, 3.63) is 35.4 Å². The lowest BCUT2D eigenvalue weighted by molar-refractivity contribution is -0.341. The monoisotopic (exact) mass is 357 g/mol. The molecule has 6 nitrogen and oxygen atoms in total. The maximum absolute atomic E-state index is 13.7. The fourth-order valence-electron chi connectivity index (χ4n) is 1.77. The van der Waals surface area contributed by atoms with E-state index in [4.69, 9.17) is 4.74 Å². The SMILES string of the molecule is CC(C)(C)OC(=O)c1ccccc1C(=O)OC(C)(C)C(F)(F)C(=O)[O-]. The highest BCUT2D eigenvalue weighted by atomic mass is 19.3. The molecular formula is C17H19F2O6-. The van der Waals surface area contributed by atoms with Crippen molar-refractivity contribution < 1.29 is 37.7 Å². The van der Waals surface area contributed by atoms with Gasteiger partial charge in [-0.2, -0.15) is 8.78 Å². The molecule has 1 rings (SSSR count). The van der Waals surface area contributed by atoms with E-state index in [0.717, 1.165) is 13.8 Å². The van der Waals surface area contributed by atoms with E-state index in [9.17, 15) is 28.3 Å². The second kappa shape index (κ2) is 6.78. The molecule has 8 heteroatoms. The second-order valence-electron chi connectivity index (χ2n) is 6.81. The zero-order valence-corrected chi connectivity index (χ0v) is 14.5. The van der Waals surface area contributed by atoms with Gasteiger partial charge in [0.2, 0.25) is 0 Å². The molecule has 0 heterocycles. The summed E-state index contributed by atoms with van der Waals surface area (Å²) in [6.45, 7) is 6.33. The average molecular weight is 357 g/mol. The molecule has 0 fully saturated rings. The van der Waals surface area contributed by atoms with Gasteiger partial charge in [-0.15, -0.1) is 0 Å². The smallest absolute Gasteiger partial charge is 0.339 e. The lowest BCUT2D eigenvalue weighted by Gasteiger charge is -2.34. The van der Waals surface area contributed by atoms with Crippen molar-refractivity contribution in [2.24, 2.45) is 0 Å². The van der Waals surface area contributed by atoms with Crippen LogP contribution in [0.1, 0.15) is 55.3 Å². The number of ether oxygens (including phenoxy) is 2. The number of aliphatic carboxylic acids is 1. The first-order chi connectivity index (χ1) is 11.2. The normalized spacial score (nSPS) is 12.4. The van der Waals surface area contributed by atoms with Crippen LogP contribution in [-0.4, -0.2) is 35.0 Å². The Labute approximate surface area is 143 Å². The summed E-state index contributed by atoms with van der Waals surface area (Å²) < 4.78 is 37.1. The Bertz CT molecular complexity index is 689. The molecular weight excluding hydrogens is 338 g/mol. The number of carboxylic acid groups (broad SMARTS) is 1. The Hall–Kier alpha value is -2.51. The number of halogens is 2. The van der Waals surface area contributed by atoms with Crippen LogP contribution in [0.25, 0.3) is 0 Å². The zero-order valence-electron chi connectivity index (χ0n) is 14.5. The molecule has 0 saturated carbocycles. The number of rotatable bonds is 5. The number of carbonyl (C=O) groups is 3. The maximum Gasteiger partial charge on any atom is 0.339 e. The highest BCUT2D eigenvalue weighted by molar-refractivity contribution is 6.03. The summed E-state index contributed by atoms with van der Waals surface area (Å²) in [6, 6.07) is 5.31. The van der Waals surface area contributed by atoms with E-state index in [0.29, 0.717) is 0 Å². The molecule has 0 N–H and O–H groups in total. The van der Waals surface area contributed by atoms with Gasteiger partial charge in [0.1, 0.15) is 11.6 Å². The molecule has 0 aliphatic heterocycles. The predicted octanol–water partition coefficient (Wildman–Crippen LogP) is 1.96. The van der Waals surface area contributed by atoms with Crippen LogP contribution in [0.2, 0.25) is 0 Å². The van der Waals surface area contributed by atoms with Crippen LogP contribution >= 0.6 is 0 Å². The highest BCUT2D eigenvalue weighted by Crippen LogP contribution is 2.32. The third-order valence-corrected chi connectivity index (χ3v) is 3.13. The predicted molar refractivity (Wildman–Crippen MR) is 81.1 cm³/mol. The van der Waals surface area contributed by atoms with Crippen molar-refractivity contribution >= 4 is 17.9 Å². The lowest BCUT2D eigenvalue weighted by atomic mass is 10.00. The summed E-state index contributed by atoms with van der Waals surface area (Å²) in [6.07, 6.45) is 0. The van der Waals surface area contributed by atoms with Gasteiger partial charge in [-0.25, -0.2) is 9.59 Å². The van der Waals surface area contributed by atoms with E-state index in [1.807, 2.05) is 0 Å². The Kier molecular flexibility index (Phi) is 5.57. The van der Waals surface area contributed by atoms with Crippen molar-refractivity contribution in [2.45, 2.75) is 51.7 Å². The summed E-state index contributed by atoms with van der Waals surface area (Å²) in [7, 11) is 0. The van der Waals surface area contributed by atoms with E-state index in [-0.39, 0.29) is 11.1 Å². The minimum Gasteiger partial charge on any atom is -0.544 e. The average Bonchev–Trinajstić information content (AvgIpc) is 2.44. The minimum absolute atomic E-state index is 0.185. The van der Waals surface area contributed by atoms with Gasteiger partial charge in [-0.1, -0.05) is 12.1 Å². The number of hydrogen-bond donors (Lipinski definition) is 0. The molecule has 0 atom stereocenters. The van der Waals surface area contributed by atoms with Gasteiger partial charge in [0.15, 0.2) is 5.60 Å². The number of hydrogen-bond acceptors (Lipinski definition) is 6. The van der Waals surface area contributed by atoms with E-state index in [1.54, 1.807) is 20.8 Å². The van der Waals surface area contributed by atoms with Gasteiger partial charge in [0, 0.05) is 0 Å². The van der Waals surface area contributed by atoms with Gasteiger partial charge < -0.3 is 19.4 Å². The summed E-state index contributed by atoms with van der Waals surface area (Å²) in [5, 5.41) is 10.6. The van der Waals surface area contributed by atoms with Crippen LogP contribution < -0.4 is 5.11 Å². The van der Waals surface area contributed by atoms with Gasteiger partial charge in [-0.05, 0) is 46.8 Å². The molecule has 0 aliphatic rings. The number of carboxylic acids is 1. The van der Waals surface area contributed by atoms with E-state index < -0.39 is 35.0 Å². The summed E-state index contributed by atoms with van der Waals surface area (Å²) in [4.78, 5) is 35.0. The van der Waals surface area contributed by atoms with Crippen molar-refractivity contribution in [3.8, 4) is 0 Å².